The summed E-state index contributed by atoms with van der Waals surface area (Å²) in [6.07, 6.45) is 1.58. The maximum Gasteiger partial charge on any atom is 0.164 e. The summed E-state index contributed by atoms with van der Waals surface area (Å²) in [5, 5.41) is 0.729. The SMILES string of the molecule is CC1(C)CC(=O)C2=C(C1)SC[C@@H]1c3cc(Cl)ccc3O[C@]21C. The first-order chi connectivity index (χ1) is 10.3. The van der Waals surface area contributed by atoms with E-state index in [0.29, 0.717) is 6.42 Å². The lowest BCUT2D eigenvalue weighted by Crippen LogP contribution is -2.46. The third-order valence-electron chi connectivity index (χ3n) is 5.09. The summed E-state index contributed by atoms with van der Waals surface area (Å²) >= 11 is 8.00. The highest BCUT2D eigenvalue weighted by Crippen LogP contribution is 2.58. The second-order valence-electron chi connectivity index (χ2n) is 7.49. The topological polar surface area (TPSA) is 26.3 Å². The van der Waals surface area contributed by atoms with Crippen molar-refractivity contribution in [3.63, 3.8) is 0 Å². The van der Waals surface area contributed by atoms with Gasteiger partial charge in [-0.05, 0) is 41.9 Å². The Morgan fingerprint density at radius 1 is 1.27 bits per heavy atom. The first-order valence-corrected chi connectivity index (χ1v) is 9.05. The lowest BCUT2D eigenvalue weighted by molar-refractivity contribution is -0.119. The molecular formula is C18H19ClO2S. The summed E-state index contributed by atoms with van der Waals surface area (Å²) in [7, 11) is 0. The van der Waals surface area contributed by atoms with Crippen LogP contribution in [0.5, 0.6) is 5.75 Å². The summed E-state index contributed by atoms with van der Waals surface area (Å²) in [6.45, 7) is 6.43. The van der Waals surface area contributed by atoms with Gasteiger partial charge >= 0.3 is 0 Å². The summed E-state index contributed by atoms with van der Waals surface area (Å²) in [6, 6.07) is 5.79. The molecule has 0 N–H and O–H groups in total. The lowest BCUT2D eigenvalue weighted by Gasteiger charge is -2.43. The van der Waals surface area contributed by atoms with E-state index < -0.39 is 5.60 Å². The second-order valence-corrected chi connectivity index (χ2v) is 9.05. The minimum absolute atomic E-state index is 0.0564. The smallest absolute Gasteiger partial charge is 0.164 e. The average molecular weight is 335 g/mol. The van der Waals surface area contributed by atoms with Crippen molar-refractivity contribution in [2.75, 3.05) is 5.75 Å². The molecule has 0 fully saturated rings. The van der Waals surface area contributed by atoms with Gasteiger partial charge in [-0.25, -0.2) is 0 Å². The van der Waals surface area contributed by atoms with Gasteiger partial charge in [0.1, 0.15) is 11.4 Å². The van der Waals surface area contributed by atoms with Crippen LogP contribution in [0.3, 0.4) is 0 Å². The van der Waals surface area contributed by atoms with Gasteiger partial charge < -0.3 is 4.74 Å². The molecule has 1 aromatic carbocycles. The van der Waals surface area contributed by atoms with Crippen molar-refractivity contribution in [2.24, 2.45) is 5.41 Å². The number of Topliss-reactive ketones (excluding diaryl/α,β-unsaturated/α-hetero) is 1. The zero-order valence-electron chi connectivity index (χ0n) is 13.0. The molecule has 1 aliphatic carbocycles. The number of benzene rings is 1. The van der Waals surface area contributed by atoms with Crippen molar-refractivity contribution in [1.29, 1.82) is 0 Å². The van der Waals surface area contributed by atoms with E-state index in [4.69, 9.17) is 16.3 Å². The fourth-order valence-corrected chi connectivity index (χ4v) is 6.08. The van der Waals surface area contributed by atoms with Crippen LogP contribution in [0.15, 0.2) is 28.7 Å². The Morgan fingerprint density at radius 2 is 2.05 bits per heavy atom. The minimum Gasteiger partial charge on any atom is -0.482 e. The van der Waals surface area contributed by atoms with Crippen LogP contribution in [0.4, 0.5) is 0 Å². The van der Waals surface area contributed by atoms with Gasteiger partial charge in [0, 0.05) is 34.3 Å². The fraction of sp³-hybridized carbons (Fsp3) is 0.500. The van der Waals surface area contributed by atoms with E-state index in [2.05, 4.69) is 20.8 Å². The molecule has 4 rings (SSSR count). The molecule has 0 unspecified atom stereocenters. The number of ether oxygens (including phenoxy) is 1. The molecule has 1 aromatic rings. The summed E-state index contributed by atoms with van der Waals surface area (Å²) in [5.74, 6) is 2.29. The second kappa shape index (κ2) is 4.55. The van der Waals surface area contributed by atoms with Crippen LogP contribution < -0.4 is 4.74 Å². The van der Waals surface area contributed by atoms with Crippen molar-refractivity contribution in [3.8, 4) is 5.75 Å². The number of halogens is 1. The minimum atomic E-state index is -0.527. The molecule has 2 aliphatic heterocycles. The third kappa shape index (κ3) is 1.98. The van der Waals surface area contributed by atoms with Crippen LogP contribution in [-0.4, -0.2) is 17.1 Å². The summed E-state index contributed by atoms with van der Waals surface area (Å²) < 4.78 is 6.31. The fourth-order valence-electron chi connectivity index (χ4n) is 4.08. The van der Waals surface area contributed by atoms with Crippen LogP contribution in [0.25, 0.3) is 0 Å². The number of carbonyl (C=O) groups excluding carboxylic acids is 1. The Balaban J connectivity index is 1.84. The van der Waals surface area contributed by atoms with Crippen molar-refractivity contribution in [1.82, 2.24) is 0 Å². The average Bonchev–Trinajstić information content (AvgIpc) is 2.67. The Bertz CT molecular complexity index is 722. The van der Waals surface area contributed by atoms with Gasteiger partial charge in [-0.2, -0.15) is 0 Å². The molecule has 2 atom stereocenters. The van der Waals surface area contributed by atoms with Crippen molar-refractivity contribution in [2.45, 2.75) is 45.1 Å². The highest BCUT2D eigenvalue weighted by atomic mass is 35.5. The highest BCUT2D eigenvalue weighted by Gasteiger charge is 2.55. The predicted octanol–water partition coefficient (Wildman–Crippen LogP) is 4.96. The van der Waals surface area contributed by atoms with E-state index >= 15 is 0 Å². The number of allylic oxidation sites excluding steroid dienone is 1. The molecule has 0 spiro atoms. The zero-order valence-corrected chi connectivity index (χ0v) is 14.6. The van der Waals surface area contributed by atoms with Crippen molar-refractivity contribution < 1.29 is 9.53 Å². The molecule has 2 heterocycles. The number of fused-ring (bicyclic) bond motifs is 4. The lowest BCUT2D eigenvalue weighted by atomic mass is 9.70. The van der Waals surface area contributed by atoms with Crippen LogP contribution in [0.1, 0.15) is 45.1 Å². The molecule has 0 saturated heterocycles. The first kappa shape index (κ1) is 14.6. The first-order valence-electron chi connectivity index (χ1n) is 7.68. The number of carbonyl (C=O) groups is 1. The number of thioether (sulfide) groups is 1. The number of ketones is 1. The van der Waals surface area contributed by atoms with Crippen molar-refractivity contribution >= 4 is 29.1 Å². The van der Waals surface area contributed by atoms with E-state index in [1.807, 2.05) is 30.0 Å². The molecule has 0 aromatic heterocycles. The van der Waals surface area contributed by atoms with E-state index in [1.54, 1.807) is 0 Å². The van der Waals surface area contributed by atoms with Gasteiger partial charge in [-0.1, -0.05) is 25.4 Å². The normalized spacial score (nSPS) is 32.2. The number of rotatable bonds is 0. The molecule has 0 amide bonds. The standard InChI is InChI=1S/C18H19ClO2S/c1-17(2)7-13(20)16-15(8-17)22-9-12-11-6-10(19)4-5-14(11)21-18(12,16)3/h4-6,12H,7-9H2,1-3H3/t12-,18+/m1/s1. The summed E-state index contributed by atoms with van der Waals surface area (Å²) in [5.41, 5.74) is 1.59. The monoisotopic (exact) mass is 334 g/mol. The number of hydrogen-bond donors (Lipinski definition) is 0. The Kier molecular flexibility index (Phi) is 3.03. The molecule has 22 heavy (non-hydrogen) atoms. The highest BCUT2D eigenvalue weighted by molar-refractivity contribution is 8.03. The molecule has 0 bridgehead atoms. The maximum absolute atomic E-state index is 12.8. The van der Waals surface area contributed by atoms with E-state index in [0.717, 1.165) is 34.1 Å². The van der Waals surface area contributed by atoms with Gasteiger partial charge in [0.25, 0.3) is 0 Å². The molecule has 2 nitrogen and oxygen atoms in total. The summed E-state index contributed by atoms with van der Waals surface area (Å²) in [4.78, 5) is 14.1. The van der Waals surface area contributed by atoms with Gasteiger partial charge in [-0.15, -0.1) is 11.8 Å². The molecule has 0 saturated carbocycles. The Labute approximate surface area is 140 Å². The molecular weight excluding hydrogens is 316 g/mol. The van der Waals surface area contributed by atoms with Crippen LogP contribution in [0.2, 0.25) is 5.02 Å². The largest absolute Gasteiger partial charge is 0.482 e. The Morgan fingerprint density at radius 3 is 2.82 bits per heavy atom. The van der Waals surface area contributed by atoms with E-state index in [-0.39, 0.29) is 17.1 Å². The molecule has 116 valence electrons. The predicted molar refractivity (Wildman–Crippen MR) is 90.7 cm³/mol. The van der Waals surface area contributed by atoms with Gasteiger partial charge in [0.2, 0.25) is 0 Å². The van der Waals surface area contributed by atoms with Gasteiger partial charge in [-0.3, -0.25) is 4.79 Å². The molecule has 3 aliphatic rings. The maximum atomic E-state index is 12.8. The Hall–Kier alpha value is -0.930. The van der Waals surface area contributed by atoms with Gasteiger partial charge in [0.15, 0.2) is 5.78 Å². The van der Waals surface area contributed by atoms with Crippen LogP contribution >= 0.6 is 23.4 Å². The number of hydrogen-bond acceptors (Lipinski definition) is 3. The molecule has 4 heteroatoms. The zero-order chi connectivity index (χ0) is 15.7. The van der Waals surface area contributed by atoms with Crippen LogP contribution in [0, 0.1) is 5.41 Å². The van der Waals surface area contributed by atoms with E-state index in [1.165, 1.54) is 4.91 Å². The van der Waals surface area contributed by atoms with Crippen molar-refractivity contribution in [3.05, 3.63) is 39.3 Å². The van der Waals surface area contributed by atoms with E-state index in [9.17, 15) is 4.79 Å². The molecule has 0 radical (unpaired) electrons. The quantitative estimate of drug-likeness (QED) is 0.670. The van der Waals surface area contributed by atoms with Gasteiger partial charge in [0.05, 0.1) is 0 Å². The third-order valence-corrected chi connectivity index (χ3v) is 6.52. The van der Waals surface area contributed by atoms with Crippen LogP contribution in [-0.2, 0) is 4.79 Å².